The summed E-state index contributed by atoms with van der Waals surface area (Å²) in [5.74, 6) is -0.678. The number of nitrogens with one attached hydrogen (secondary N) is 4. The van der Waals surface area contributed by atoms with Crippen LogP contribution in [0.4, 0.5) is 0 Å². The van der Waals surface area contributed by atoms with E-state index in [1.807, 2.05) is 0 Å². The number of carbonyl (C=O) groups excluding carboxylic acids is 2. The molecule has 3 rings (SSSR count). The van der Waals surface area contributed by atoms with Gasteiger partial charge in [-0.05, 0) is 24.3 Å². The van der Waals surface area contributed by atoms with Crippen LogP contribution in [0.2, 0.25) is 0 Å². The van der Waals surface area contributed by atoms with Crippen LogP contribution in [0.5, 0.6) is 0 Å². The normalized spacial score (nSPS) is 10.5. The maximum absolute atomic E-state index is 12.1. The molecule has 0 aliphatic heterocycles. The number of H-pyrrole nitrogens is 2. The van der Waals surface area contributed by atoms with E-state index < -0.39 is 5.91 Å². The van der Waals surface area contributed by atoms with Crippen LogP contribution in [-0.4, -0.2) is 45.1 Å². The van der Waals surface area contributed by atoms with Crippen molar-refractivity contribution in [3.63, 3.8) is 0 Å². The zero-order chi connectivity index (χ0) is 16.9. The Hall–Kier alpha value is -3.49. The number of imidazole rings is 1. The van der Waals surface area contributed by atoms with Gasteiger partial charge in [0.15, 0.2) is 0 Å². The number of amides is 2. The van der Waals surface area contributed by atoms with Crippen LogP contribution in [0, 0.1) is 0 Å². The van der Waals surface area contributed by atoms with Crippen molar-refractivity contribution in [2.75, 3.05) is 13.1 Å². The monoisotopic (exact) mass is 326 g/mol. The Morgan fingerprint density at radius 2 is 1.83 bits per heavy atom. The van der Waals surface area contributed by atoms with Gasteiger partial charge in [0.1, 0.15) is 5.69 Å². The van der Waals surface area contributed by atoms with Gasteiger partial charge in [-0.3, -0.25) is 14.4 Å². The largest absolute Gasteiger partial charge is 0.350 e. The van der Waals surface area contributed by atoms with Gasteiger partial charge < -0.3 is 15.6 Å². The molecule has 0 spiro atoms. The molecule has 0 aliphatic carbocycles. The van der Waals surface area contributed by atoms with Crippen molar-refractivity contribution < 1.29 is 9.59 Å². The summed E-state index contributed by atoms with van der Waals surface area (Å²) in [5.41, 5.74) is 1.78. The molecule has 0 saturated carbocycles. The SMILES string of the molecule is O=C(NCCNC(=O)c1ccc(=O)[nH]n1)c1ccc2nc[nH]c2c1. The first kappa shape index (κ1) is 15.4. The number of fused-ring (bicyclic) bond motifs is 1. The van der Waals surface area contributed by atoms with Crippen molar-refractivity contribution in [3.05, 3.63) is 58.3 Å². The summed E-state index contributed by atoms with van der Waals surface area (Å²) in [6, 6.07) is 7.69. The summed E-state index contributed by atoms with van der Waals surface area (Å²) in [6.45, 7) is 0.493. The molecule has 1 aromatic carbocycles. The van der Waals surface area contributed by atoms with Gasteiger partial charge in [0, 0.05) is 24.7 Å². The highest BCUT2D eigenvalue weighted by atomic mass is 16.2. The molecule has 9 nitrogen and oxygen atoms in total. The summed E-state index contributed by atoms with van der Waals surface area (Å²) < 4.78 is 0. The fourth-order valence-corrected chi connectivity index (χ4v) is 2.09. The van der Waals surface area contributed by atoms with E-state index in [9.17, 15) is 14.4 Å². The van der Waals surface area contributed by atoms with Crippen molar-refractivity contribution in [2.24, 2.45) is 0 Å². The Bertz CT molecular complexity index is 925. The Morgan fingerprint density at radius 1 is 1.04 bits per heavy atom. The van der Waals surface area contributed by atoms with E-state index in [0.29, 0.717) is 5.56 Å². The molecule has 0 radical (unpaired) electrons. The van der Waals surface area contributed by atoms with Crippen LogP contribution in [0.25, 0.3) is 11.0 Å². The lowest BCUT2D eigenvalue weighted by Crippen LogP contribution is -2.35. The highest BCUT2D eigenvalue weighted by molar-refractivity contribution is 5.97. The minimum absolute atomic E-state index is 0.102. The second-order valence-electron chi connectivity index (χ2n) is 4.95. The van der Waals surface area contributed by atoms with Crippen LogP contribution in [0.3, 0.4) is 0 Å². The van der Waals surface area contributed by atoms with Crippen molar-refractivity contribution in [1.29, 1.82) is 0 Å². The molecule has 2 amide bonds. The van der Waals surface area contributed by atoms with Gasteiger partial charge in [-0.2, -0.15) is 5.10 Å². The van der Waals surface area contributed by atoms with Crippen LogP contribution in [0.15, 0.2) is 41.5 Å². The molecule has 0 saturated heterocycles. The highest BCUT2D eigenvalue weighted by Gasteiger charge is 2.09. The molecule has 122 valence electrons. The first-order valence-corrected chi connectivity index (χ1v) is 7.19. The van der Waals surface area contributed by atoms with E-state index in [4.69, 9.17) is 0 Å². The number of aromatic amines is 2. The number of benzene rings is 1. The lowest BCUT2D eigenvalue weighted by molar-refractivity contribution is 0.0924. The zero-order valence-electron chi connectivity index (χ0n) is 12.5. The molecule has 0 aliphatic rings. The van der Waals surface area contributed by atoms with Crippen LogP contribution < -0.4 is 16.2 Å². The van der Waals surface area contributed by atoms with Crippen LogP contribution in [-0.2, 0) is 0 Å². The lowest BCUT2D eigenvalue weighted by atomic mass is 10.2. The van der Waals surface area contributed by atoms with E-state index in [-0.39, 0.29) is 30.2 Å². The molecule has 2 heterocycles. The number of hydrogen-bond acceptors (Lipinski definition) is 5. The van der Waals surface area contributed by atoms with Crippen LogP contribution >= 0.6 is 0 Å². The van der Waals surface area contributed by atoms with Gasteiger partial charge in [0.05, 0.1) is 17.4 Å². The Morgan fingerprint density at radius 3 is 2.58 bits per heavy atom. The average Bonchev–Trinajstić information content (AvgIpc) is 3.06. The third kappa shape index (κ3) is 3.46. The number of carbonyl (C=O) groups is 2. The number of aromatic nitrogens is 4. The first-order chi connectivity index (χ1) is 11.6. The maximum atomic E-state index is 12.1. The van der Waals surface area contributed by atoms with E-state index >= 15 is 0 Å². The van der Waals surface area contributed by atoms with E-state index in [2.05, 4.69) is 30.8 Å². The van der Waals surface area contributed by atoms with Crippen LogP contribution in [0.1, 0.15) is 20.8 Å². The molecule has 4 N–H and O–H groups in total. The van der Waals surface area contributed by atoms with E-state index in [1.165, 1.54) is 12.1 Å². The van der Waals surface area contributed by atoms with Crippen molar-refractivity contribution in [3.8, 4) is 0 Å². The fourth-order valence-electron chi connectivity index (χ4n) is 2.09. The summed E-state index contributed by atoms with van der Waals surface area (Å²) in [7, 11) is 0. The number of nitrogens with zero attached hydrogens (tertiary/aromatic N) is 2. The zero-order valence-corrected chi connectivity index (χ0v) is 12.5. The summed E-state index contributed by atoms with van der Waals surface area (Å²) in [6.07, 6.45) is 1.56. The first-order valence-electron chi connectivity index (χ1n) is 7.19. The van der Waals surface area contributed by atoms with E-state index in [0.717, 1.165) is 11.0 Å². The predicted octanol–water partition coefficient (Wildman–Crippen LogP) is -0.194. The second kappa shape index (κ2) is 6.73. The maximum Gasteiger partial charge on any atom is 0.271 e. The van der Waals surface area contributed by atoms with Crippen molar-refractivity contribution in [1.82, 2.24) is 30.8 Å². The molecule has 0 atom stereocenters. The Labute approximate surface area is 135 Å². The van der Waals surface area contributed by atoms with Gasteiger partial charge in [-0.1, -0.05) is 0 Å². The van der Waals surface area contributed by atoms with Crippen molar-refractivity contribution in [2.45, 2.75) is 0 Å². The standard InChI is InChI=1S/C15H14N6O3/c22-13-4-3-11(20-21-13)15(24)17-6-5-16-14(23)9-1-2-10-12(7-9)19-8-18-10/h1-4,7-8H,5-6H2,(H,16,23)(H,17,24)(H,18,19)(H,21,22). The van der Waals surface area contributed by atoms with Gasteiger partial charge in [0.2, 0.25) is 0 Å². The topological polar surface area (TPSA) is 133 Å². The second-order valence-corrected chi connectivity index (χ2v) is 4.95. The molecule has 9 heteroatoms. The molecular formula is C15H14N6O3. The van der Waals surface area contributed by atoms with Crippen molar-refractivity contribution >= 4 is 22.8 Å². The van der Waals surface area contributed by atoms with Gasteiger partial charge in [-0.25, -0.2) is 10.1 Å². The molecule has 0 unspecified atom stereocenters. The number of rotatable bonds is 5. The minimum atomic E-state index is -0.431. The minimum Gasteiger partial charge on any atom is -0.350 e. The summed E-state index contributed by atoms with van der Waals surface area (Å²) in [4.78, 5) is 41.7. The van der Waals surface area contributed by atoms with Gasteiger partial charge >= 0.3 is 0 Å². The molecule has 0 fully saturated rings. The quantitative estimate of drug-likeness (QED) is 0.482. The predicted molar refractivity (Wildman–Crippen MR) is 85.6 cm³/mol. The lowest BCUT2D eigenvalue weighted by Gasteiger charge is -2.07. The summed E-state index contributed by atoms with van der Waals surface area (Å²) in [5, 5.41) is 11.1. The molecule has 2 aromatic heterocycles. The number of hydrogen-bond donors (Lipinski definition) is 4. The average molecular weight is 326 g/mol. The van der Waals surface area contributed by atoms with Gasteiger partial charge in [-0.15, -0.1) is 0 Å². The molecule has 0 bridgehead atoms. The molecule has 3 aromatic rings. The smallest absolute Gasteiger partial charge is 0.271 e. The molecular weight excluding hydrogens is 312 g/mol. The van der Waals surface area contributed by atoms with Gasteiger partial charge in [0.25, 0.3) is 17.4 Å². The summed E-state index contributed by atoms with van der Waals surface area (Å²) >= 11 is 0. The fraction of sp³-hybridized carbons (Fsp3) is 0.133. The molecule has 24 heavy (non-hydrogen) atoms. The highest BCUT2D eigenvalue weighted by Crippen LogP contribution is 2.11. The Balaban J connectivity index is 1.49. The third-order valence-electron chi connectivity index (χ3n) is 3.29. The van der Waals surface area contributed by atoms with E-state index in [1.54, 1.807) is 24.5 Å². The third-order valence-corrected chi connectivity index (χ3v) is 3.29. The Kier molecular flexibility index (Phi) is 4.32.